The molecule has 0 spiro atoms. The van der Waals surface area contributed by atoms with Gasteiger partial charge in [0, 0.05) is 19.5 Å². The minimum Gasteiger partial charge on any atom is -0.258 e. The average molecular weight is 577 g/mol. The molecule has 0 amide bonds. The van der Waals surface area contributed by atoms with Crippen LogP contribution in [0.15, 0.2) is 48.2 Å². The lowest BCUT2D eigenvalue weighted by molar-refractivity contribution is -0.385. The summed E-state index contributed by atoms with van der Waals surface area (Å²) in [6, 6.07) is 9.31. The van der Waals surface area contributed by atoms with Crippen molar-refractivity contribution < 1.29 is 4.92 Å². The smallest absolute Gasteiger partial charge is 0.258 e. The van der Waals surface area contributed by atoms with Crippen LogP contribution < -0.4 is 0 Å². The number of benzene rings is 2. The number of hydrogen-bond acceptors (Lipinski definition) is 2. The summed E-state index contributed by atoms with van der Waals surface area (Å²) in [5.74, 6) is 0. The third kappa shape index (κ3) is 7.92. The Labute approximate surface area is 171 Å². The van der Waals surface area contributed by atoms with E-state index in [1.54, 1.807) is 6.07 Å². The first-order valence-corrected chi connectivity index (χ1v) is 8.91. The van der Waals surface area contributed by atoms with Crippen LogP contribution in [0.4, 0.5) is 5.69 Å². The Balaban J connectivity index is 0. The maximum absolute atomic E-state index is 10.4. The highest BCUT2D eigenvalue weighted by molar-refractivity contribution is 9.11. The monoisotopic (exact) mass is 573 g/mol. The number of nitro groups is 1. The van der Waals surface area contributed by atoms with E-state index in [9.17, 15) is 10.1 Å². The van der Waals surface area contributed by atoms with Gasteiger partial charge in [-0.25, -0.2) is 0 Å². The molecule has 2 aromatic rings. The van der Waals surface area contributed by atoms with Crippen LogP contribution in [0.2, 0.25) is 0 Å². The molecule has 0 saturated carbocycles. The van der Waals surface area contributed by atoms with Crippen molar-refractivity contribution in [2.75, 3.05) is 0 Å². The maximum atomic E-state index is 10.4. The largest absolute Gasteiger partial charge is 0.284 e. The quantitative estimate of drug-likeness (QED) is 0.254. The Bertz CT molecular complexity index is 675. The summed E-state index contributed by atoms with van der Waals surface area (Å²) in [5, 5.41) is 10.4. The summed E-state index contributed by atoms with van der Waals surface area (Å²) in [7, 11) is 0. The van der Waals surface area contributed by atoms with Gasteiger partial charge in [-0.15, -0.1) is 0 Å². The third-order valence-corrected chi connectivity index (χ3v) is 5.42. The maximum Gasteiger partial charge on any atom is 0.284 e. The van der Waals surface area contributed by atoms with Gasteiger partial charge in [0.05, 0.1) is 9.40 Å². The summed E-state index contributed by atoms with van der Waals surface area (Å²) in [6.45, 7) is 3.94. The normalized spacial score (nSPS) is 8.96. The second-order valence-electron chi connectivity index (χ2n) is 4.20. The Morgan fingerprint density at radius 2 is 1.35 bits per heavy atom. The molecule has 3 nitrogen and oxygen atoms in total. The van der Waals surface area contributed by atoms with Gasteiger partial charge in [-0.2, -0.15) is 0 Å². The summed E-state index contributed by atoms with van der Waals surface area (Å²) < 4.78 is 3.54. The molecule has 0 aliphatic carbocycles. The second kappa shape index (κ2) is 11.3. The minimum absolute atomic E-state index is 0. The van der Waals surface area contributed by atoms with Crippen LogP contribution in [-0.4, -0.2) is 4.92 Å². The van der Waals surface area contributed by atoms with Crippen LogP contribution in [0.25, 0.3) is 0 Å². The SMILES string of the molecule is C.C.Cc1cc(Br)c([N+](=O)[O-])cc1Br.Cc1cc(Br)ccc1Br. The lowest BCUT2D eigenvalue weighted by Gasteiger charge is -1.99. The van der Waals surface area contributed by atoms with Crippen molar-refractivity contribution in [3.05, 3.63) is 69.5 Å². The Morgan fingerprint density at radius 3 is 1.78 bits per heavy atom. The molecule has 128 valence electrons. The molecule has 2 rings (SSSR count). The fourth-order valence-electron chi connectivity index (χ4n) is 1.38. The minimum atomic E-state index is -0.422. The van der Waals surface area contributed by atoms with Crippen molar-refractivity contribution in [2.24, 2.45) is 0 Å². The molecule has 2 aromatic carbocycles. The molecule has 0 aliphatic heterocycles. The van der Waals surface area contributed by atoms with E-state index in [-0.39, 0.29) is 20.5 Å². The predicted octanol–water partition coefficient (Wildman–Crippen LogP) is 8.22. The standard InChI is InChI=1S/C7H5Br2NO2.C7H6Br2.2CH4/c1-4-2-6(9)7(10(11)12)3-5(4)8;1-5-4-6(8)2-3-7(5)9;;/h2-3H,1H3;2-4H,1H3;2*1H4. The van der Waals surface area contributed by atoms with Crippen molar-refractivity contribution in [3.63, 3.8) is 0 Å². The molecule has 0 atom stereocenters. The van der Waals surface area contributed by atoms with Crippen LogP contribution in [0, 0.1) is 24.0 Å². The summed E-state index contributed by atoms with van der Waals surface area (Å²) in [6.07, 6.45) is 0. The zero-order chi connectivity index (χ0) is 16.2. The number of hydrogen-bond donors (Lipinski definition) is 0. The van der Waals surface area contributed by atoms with Gasteiger partial charge >= 0.3 is 0 Å². The van der Waals surface area contributed by atoms with Crippen molar-refractivity contribution in [1.29, 1.82) is 0 Å². The number of rotatable bonds is 1. The van der Waals surface area contributed by atoms with Gasteiger partial charge < -0.3 is 0 Å². The lowest BCUT2D eigenvalue weighted by Crippen LogP contribution is -1.90. The molecular formula is C16H19Br4NO2. The third-order valence-electron chi connectivity index (χ3n) is 2.54. The summed E-state index contributed by atoms with van der Waals surface area (Å²) in [4.78, 5) is 10.0. The molecular weight excluding hydrogens is 558 g/mol. The highest BCUT2D eigenvalue weighted by atomic mass is 79.9. The van der Waals surface area contributed by atoms with Crippen LogP contribution in [-0.2, 0) is 0 Å². The zero-order valence-corrected chi connectivity index (χ0v) is 17.5. The summed E-state index contributed by atoms with van der Waals surface area (Å²) >= 11 is 13.1. The van der Waals surface area contributed by atoms with Gasteiger partial charge in [-0.05, 0) is 65.2 Å². The highest BCUT2D eigenvalue weighted by Gasteiger charge is 2.13. The van der Waals surface area contributed by atoms with Crippen molar-refractivity contribution in [1.82, 2.24) is 0 Å². The van der Waals surface area contributed by atoms with E-state index in [0.29, 0.717) is 4.47 Å². The lowest BCUT2D eigenvalue weighted by atomic mass is 10.2. The van der Waals surface area contributed by atoms with Crippen LogP contribution in [0.3, 0.4) is 0 Å². The zero-order valence-electron chi connectivity index (χ0n) is 11.2. The van der Waals surface area contributed by atoms with Crippen molar-refractivity contribution in [2.45, 2.75) is 28.7 Å². The molecule has 0 saturated heterocycles. The molecule has 0 heterocycles. The second-order valence-corrected chi connectivity index (χ2v) is 7.68. The Kier molecular flexibility index (Phi) is 12.3. The number of halogens is 4. The van der Waals surface area contributed by atoms with Gasteiger partial charge in [0.2, 0.25) is 0 Å². The summed E-state index contributed by atoms with van der Waals surface area (Å²) in [5.41, 5.74) is 2.30. The van der Waals surface area contributed by atoms with Crippen molar-refractivity contribution >= 4 is 69.4 Å². The van der Waals surface area contributed by atoms with E-state index in [0.717, 1.165) is 19.0 Å². The van der Waals surface area contributed by atoms with E-state index in [2.05, 4.69) is 76.7 Å². The molecule has 0 unspecified atom stereocenters. The van der Waals surface area contributed by atoms with E-state index in [1.165, 1.54) is 11.6 Å². The fraction of sp³-hybridized carbons (Fsp3) is 0.250. The topological polar surface area (TPSA) is 43.1 Å². The molecule has 0 bridgehead atoms. The van der Waals surface area contributed by atoms with E-state index in [1.807, 2.05) is 19.1 Å². The van der Waals surface area contributed by atoms with Gasteiger partial charge in [0.15, 0.2) is 0 Å². The molecule has 0 aromatic heterocycles. The van der Waals surface area contributed by atoms with Gasteiger partial charge in [-0.1, -0.05) is 62.6 Å². The molecule has 23 heavy (non-hydrogen) atoms. The molecule has 0 aliphatic rings. The van der Waals surface area contributed by atoms with Crippen molar-refractivity contribution in [3.8, 4) is 0 Å². The molecule has 0 N–H and O–H groups in total. The van der Waals surface area contributed by atoms with E-state index >= 15 is 0 Å². The van der Waals surface area contributed by atoms with Crippen LogP contribution in [0.1, 0.15) is 26.0 Å². The van der Waals surface area contributed by atoms with Gasteiger partial charge in [-0.3, -0.25) is 10.1 Å². The molecule has 0 fully saturated rings. The van der Waals surface area contributed by atoms with E-state index < -0.39 is 4.92 Å². The van der Waals surface area contributed by atoms with Gasteiger partial charge in [0.1, 0.15) is 0 Å². The predicted molar refractivity (Wildman–Crippen MR) is 113 cm³/mol. The first kappa shape index (κ1) is 25.0. The van der Waals surface area contributed by atoms with E-state index in [4.69, 9.17) is 0 Å². The Hall–Kier alpha value is -0.240. The fourth-order valence-corrected chi connectivity index (χ4v) is 3.04. The first-order chi connectivity index (χ1) is 9.72. The first-order valence-electron chi connectivity index (χ1n) is 5.74. The van der Waals surface area contributed by atoms with Gasteiger partial charge in [0.25, 0.3) is 5.69 Å². The number of aryl methyl sites for hydroxylation is 2. The molecule has 7 heteroatoms. The Morgan fingerprint density at radius 1 is 0.826 bits per heavy atom. The number of nitro benzene ring substituents is 1. The number of nitrogens with zero attached hydrogens (tertiary/aromatic N) is 1. The highest BCUT2D eigenvalue weighted by Crippen LogP contribution is 2.30. The average Bonchev–Trinajstić information content (AvgIpc) is 2.39. The molecule has 0 radical (unpaired) electrons. The van der Waals surface area contributed by atoms with Crippen LogP contribution in [0.5, 0.6) is 0 Å². The van der Waals surface area contributed by atoms with Crippen LogP contribution >= 0.6 is 63.7 Å².